The first-order chi connectivity index (χ1) is 8.29. The number of hydrogen-bond donors (Lipinski definition) is 2. The smallest absolute Gasteiger partial charge is 0.223 e. The van der Waals surface area contributed by atoms with Gasteiger partial charge in [-0.3, -0.25) is 4.79 Å². The summed E-state index contributed by atoms with van der Waals surface area (Å²) in [6.07, 6.45) is 11.4. The molecule has 0 aromatic heterocycles. The summed E-state index contributed by atoms with van der Waals surface area (Å²) in [4.78, 5) is 12.0. The third-order valence-electron chi connectivity index (χ3n) is 4.09. The van der Waals surface area contributed by atoms with Gasteiger partial charge < -0.3 is 10.4 Å². The molecule has 1 atom stereocenters. The Bertz CT molecular complexity index is 280. The molecule has 0 radical (unpaired) electrons. The fourth-order valence-corrected chi connectivity index (χ4v) is 2.84. The molecule has 0 aromatic rings. The summed E-state index contributed by atoms with van der Waals surface area (Å²) in [6.45, 7) is 0.300. The lowest BCUT2D eigenvalue weighted by Crippen LogP contribution is -2.41. The Kier molecular flexibility index (Phi) is 4.60. The number of amides is 1. The number of carbonyl (C=O) groups excluding carboxylic acids is 1. The predicted octanol–water partition coefficient (Wildman–Crippen LogP) is 2.01. The van der Waals surface area contributed by atoms with Crippen molar-refractivity contribution in [2.24, 2.45) is 11.8 Å². The van der Waals surface area contributed by atoms with E-state index in [0.29, 0.717) is 18.6 Å². The Labute approximate surface area is 103 Å². The highest BCUT2D eigenvalue weighted by molar-refractivity contribution is 5.79. The van der Waals surface area contributed by atoms with E-state index in [2.05, 4.69) is 17.5 Å². The summed E-state index contributed by atoms with van der Waals surface area (Å²) in [7, 11) is 0. The van der Waals surface area contributed by atoms with E-state index in [1.54, 1.807) is 0 Å². The van der Waals surface area contributed by atoms with Crippen LogP contribution < -0.4 is 5.32 Å². The standard InChI is InChI=1S/C14H23NO2/c16-10-11-6-8-13(9-7-11)15-14(17)12-4-2-1-3-5-12/h1-2,11-13,16H,3-10H2,(H,15,17). The van der Waals surface area contributed by atoms with Crippen molar-refractivity contribution in [2.45, 2.75) is 51.0 Å². The molecule has 0 bridgehead atoms. The van der Waals surface area contributed by atoms with Crippen molar-refractivity contribution in [2.75, 3.05) is 6.61 Å². The number of carbonyl (C=O) groups is 1. The molecule has 3 heteroatoms. The minimum atomic E-state index is 0.190. The molecule has 1 unspecified atom stereocenters. The van der Waals surface area contributed by atoms with Crippen molar-refractivity contribution >= 4 is 5.91 Å². The average molecular weight is 237 g/mol. The second-order valence-electron chi connectivity index (χ2n) is 5.39. The summed E-state index contributed by atoms with van der Waals surface area (Å²) in [6, 6.07) is 0.344. The van der Waals surface area contributed by atoms with Gasteiger partial charge in [0.25, 0.3) is 0 Å². The topological polar surface area (TPSA) is 49.3 Å². The van der Waals surface area contributed by atoms with Crippen LogP contribution in [0.15, 0.2) is 12.2 Å². The molecule has 2 aliphatic rings. The summed E-state index contributed by atoms with van der Waals surface area (Å²) in [5.41, 5.74) is 0. The summed E-state index contributed by atoms with van der Waals surface area (Å²) in [5.74, 6) is 0.887. The molecule has 2 aliphatic carbocycles. The highest BCUT2D eigenvalue weighted by Crippen LogP contribution is 2.25. The number of rotatable bonds is 3. The van der Waals surface area contributed by atoms with Crippen LogP contribution in [-0.2, 0) is 4.79 Å². The first kappa shape index (κ1) is 12.6. The maximum absolute atomic E-state index is 12.0. The van der Waals surface area contributed by atoms with Crippen LogP contribution in [0.2, 0.25) is 0 Å². The van der Waals surface area contributed by atoms with Crippen molar-refractivity contribution in [3.8, 4) is 0 Å². The molecule has 0 aliphatic heterocycles. The molecule has 96 valence electrons. The Morgan fingerprint density at radius 1 is 1.18 bits per heavy atom. The first-order valence-corrected chi connectivity index (χ1v) is 6.86. The Hall–Kier alpha value is -0.830. The van der Waals surface area contributed by atoms with Crippen LogP contribution in [0, 0.1) is 11.8 Å². The molecule has 0 aromatic carbocycles. The largest absolute Gasteiger partial charge is 0.396 e. The zero-order valence-corrected chi connectivity index (χ0v) is 10.4. The molecule has 3 nitrogen and oxygen atoms in total. The van der Waals surface area contributed by atoms with Gasteiger partial charge in [-0.2, -0.15) is 0 Å². The molecule has 0 heterocycles. The van der Waals surface area contributed by atoms with Crippen molar-refractivity contribution in [3.05, 3.63) is 12.2 Å². The van der Waals surface area contributed by atoms with Gasteiger partial charge in [-0.05, 0) is 50.9 Å². The van der Waals surface area contributed by atoms with Gasteiger partial charge in [0.2, 0.25) is 5.91 Å². The molecule has 0 spiro atoms. The van der Waals surface area contributed by atoms with E-state index >= 15 is 0 Å². The minimum Gasteiger partial charge on any atom is -0.396 e. The molecule has 1 fully saturated rings. The van der Waals surface area contributed by atoms with E-state index in [4.69, 9.17) is 5.11 Å². The SMILES string of the molecule is O=C(NC1CCC(CO)CC1)C1CC=CCC1. The normalized spacial score (nSPS) is 33.4. The molecule has 2 N–H and O–H groups in total. The highest BCUT2D eigenvalue weighted by Gasteiger charge is 2.25. The minimum absolute atomic E-state index is 0.190. The molecule has 17 heavy (non-hydrogen) atoms. The summed E-state index contributed by atoms with van der Waals surface area (Å²) in [5, 5.41) is 12.2. The molecular weight excluding hydrogens is 214 g/mol. The third-order valence-corrected chi connectivity index (χ3v) is 4.09. The van der Waals surface area contributed by atoms with E-state index in [1.165, 1.54) is 0 Å². The molecule has 1 amide bonds. The third kappa shape index (κ3) is 3.56. The maximum atomic E-state index is 12.0. The predicted molar refractivity (Wildman–Crippen MR) is 67.5 cm³/mol. The zero-order chi connectivity index (χ0) is 12.1. The second-order valence-corrected chi connectivity index (χ2v) is 5.39. The lowest BCUT2D eigenvalue weighted by atomic mass is 9.86. The lowest BCUT2D eigenvalue weighted by molar-refractivity contribution is -0.126. The molecular formula is C14H23NO2. The average Bonchev–Trinajstić information content (AvgIpc) is 2.40. The van der Waals surface area contributed by atoms with Gasteiger partial charge in [0.15, 0.2) is 0 Å². The quantitative estimate of drug-likeness (QED) is 0.738. The maximum Gasteiger partial charge on any atom is 0.223 e. The Morgan fingerprint density at radius 2 is 1.94 bits per heavy atom. The Balaban J connectivity index is 1.73. The van der Waals surface area contributed by atoms with E-state index in [0.717, 1.165) is 44.9 Å². The molecule has 1 saturated carbocycles. The van der Waals surface area contributed by atoms with Gasteiger partial charge in [0, 0.05) is 18.6 Å². The molecule has 2 rings (SSSR count). The van der Waals surface area contributed by atoms with E-state index in [1.807, 2.05) is 0 Å². The van der Waals surface area contributed by atoms with Gasteiger partial charge in [0.1, 0.15) is 0 Å². The van der Waals surface area contributed by atoms with Gasteiger partial charge >= 0.3 is 0 Å². The number of nitrogens with one attached hydrogen (secondary N) is 1. The summed E-state index contributed by atoms with van der Waals surface area (Å²) >= 11 is 0. The van der Waals surface area contributed by atoms with Gasteiger partial charge in [-0.1, -0.05) is 12.2 Å². The highest BCUT2D eigenvalue weighted by atomic mass is 16.3. The number of aliphatic hydroxyl groups excluding tert-OH is 1. The fourth-order valence-electron chi connectivity index (χ4n) is 2.84. The van der Waals surface area contributed by atoms with Crippen molar-refractivity contribution in [1.29, 1.82) is 0 Å². The second kappa shape index (κ2) is 6.20. The van der Waals surface area contributed by atoms with Crippen LogP contribution in [0.3, 0.4) is 0 Å². The van der Waals surface area contributed by atoms with Crippen molar-refractivity contribution in [3.63, 3.8) is 0 Å². The van der Waals surface area contributed by atoms with E-state index in [-0.39, 0.29) is 11.8 Å². The number of aliphatic hydroxyl groups is 1. The van der Waals surface area contributed by atoms with Crippen LogP contribution in [0.25, 0.3) is 0 Å². The fraction of sp³-hybridized carbons (Fsp3) is 0.786. The molecule has 0 saturated heterocycles. The van der Waals surface area contributed by atoms with E-state index in [9.17, 15) is 4.79 Å². The first-order valence-electron chi connectivity index (χ1n) is 6.86. The van der Waals surface area contributed by atoms with Gasteiger partial charge in [-0.25, -0.2) is 0 Å². The monoisotopic (exact) mass is 237 g/mol. The Morgan fingerprint density at radius 3 is 2.53 bits per heavy atom. The van der Waals surface area contributed by atoms with Crippen LogP contribution in [0.1, 0.15) is 44.9 Å². The number of allylic oxidation sites excluding steroid dienone is 2. The number of hydrogen-bond acceptors (Lipinski definition) is 2. The zero-order valence-electron chi connectivity index (χ0n) is 10.4. The lowest BCUT2D eigenvalue weighted by Gasteiger charge is -2.29. The van der Waals surface area contributed by atoms with Crippen molar-refractivity contribution < 1.29 is 9.90 Å². The van der Waals surface area contributed by atoms with Crippen LogP contribution in [-0.4, -0.2) is 23.7 Å². The van der Waals surface area contributed by atoms with Crippen molar-refractivity contribution in [1.82, 2.24) is 5.32 Å². The summed E-state index contributed by atoms with van der Waals surface area (Å²) < 4.78 is 0. The van der Waals surface area contributed by atoms with Crippen LogP contribution in [0.5, 0.6) is 0 Å². The van der Waals surface area contributed by atoms with Gasteiger partial charge in [0.05, 0.1) is 0 Å². The van der Waals surface area contributed by atoms with Gasteiger partial charge in [-0.15, -0.1) is 0 Å². The van der Waals surface area contributed by atoms with Crippen LogP contribution >= 0.6 is 0 Å². The van der Waals surface area contributed by atoms with E-state index < -0.39 is 0 Å². The van der Waals surface area contributed by atoms with Crippen LogP contribution in [0.4, 0.5) is 0 Å².